The molecule has 2 bridgehead atoms. The number of methoxy groups -OCH3 is 1. The van der Waals surface area contributed by atoms with Gasteiger partial charge in [0.15, 0.2) is 5.62 Å². The highest BCUT2D eigenvalue weighted by molar-refractivity contribution is 8.15. The van der Waals surface area contributed by atoms with Crippen molar-refractivity contribution >= 4 is 50.6 Å². The minimum Gasteiger partial charge on any atom is -0.497 e. The third-order valence-electron chi connectivity index (χ3n) is 13.1. The predicted octanol–water partition coefficient (Wildman–Crippen LogP) is 4.67. The Morgan fingerprint density at radius 1 is 1.12 bits per heavy atom. The van der Waals surface area contributed by atoms with Gasteiger partial charge in [-0.05, 0) is 75.3 Å². The number of alkyl carbamates (subject to hydrolysis) is 1. The summed E-state index contributed by atoms with van der Waals surface area (Å²) in [5.41, 5.74) is -2.41. The molecule has 4 fully saturated rings. The molecule has 2 aliphatic heterocycles. The Morgan fingerprint density at radius 2 is 1.83 bits per heavy atom. The van der Waals surface area contributed by atoms with Crippen molar-refractivity contribution in [3.8, 4) is 11.6 Å². The summed E-state index contributed by atoms with van der Waals surface area (Å²) in [6.07, 6.45) is -4.04. The van der Waals surface area contributed by atoms with E-state index in [1.165, 1.54) is 12.0 Å². The van der Waals surface area contributed by atoms with E-state index >= 15 is 4.39 Å². The van der Waals surface area contributed by atoms with Crippen LogP contribution in [0.5, 0.6) is 11.6 Å². The fourth-order valence-corrected chi connectivity index (χ4v) is 10.5. The summed E-state index contributed by atoms with van der Waals surface area (Å²) in [5.74, 6) is -5.11. The molecule has 1 aromatic carbocycles. The maximum absolute atomic E-state index is 16.3. The SMILES string of the molecule is CC[C@@H]1[C@@H]2CN(C(=O)[C@H](C(C)(C)C)NC(=O)O[C@@H]3C[C@H]3CCCCC(F)c3nc4ccc(OC)cc4nc3O2)[C@@H]1C(=O)N[C@]1(C(=O)N[SH](=O)(C=O)C2(C)CC2)C[C@H]1C(F)F. The van der Waals surface area contributed by atoms with Crippen molar-refractivity contribution in [1.82, 2.24) is 30.2 Å². The van der Waals surface area contributed by atoms with Crippen molar-refractivity contribution in [2.45, 2.75) is 140 Å². The number of nitrogens with zero attached hydrogens (tertiary/aromatic N) is 3. The summed E-state index contributed by atoms with van der Waals surface area (Å²) in [6.45, 7) is 8.13. The third kappa shape index (κ3) is 8.26. The van der Waals surface area contributed by atoms with Gasteiger partial charge in [0.1, 0.15) is 47.4 Å². The molecule has 15 nitrogen and oxygen atoms in total. The zero-order valence-corrected chi connectivity index (χ0v) is 35.6. The molecule has 3 N–H and O–H groups in total. The molecule has 4 amide bonds. The number of alkyl halides is 3. The molecule has 7 rings (SSSR count). The van der Waals surface area contributed by atoms with Crippen LogP contribution in [-0.4, -0.2) is 103 Å². The van der Waals surface area contributed by atoms with Gasteiger partial charge in [-0.3, -0.25) is 28.1 Å². The molecule has 2 aromatic rings. The van der Waals surface area contributed by atoms with E-state index in [9.17, 15) is 37.0 Å². The first-order valence-corrected chi connectivity index (χ1v) is 22.5. The molecule has 1 unspecified atom stereocenters. The minimum absolute atomic E-state index is 0.0696. The van der Waals surface area contributed by atoms with E-state index in [1.807, 2.05) is 0 Å². The van der Waals surface area contributed by atoms with E-state index in [2.05, 4.69) is 25.3 Å². The van der Waals surface area contributed by atoms with Crippen molar-refractivity contribution in [1.29, 1.82) is 0 Å². The molecule has 3 saturated carbocycles. The van der Waals surface area contributed by atoms with E-state index in [-0.39, 0.29) is 48.6 Å². The molecule has 330 valence electrons. The van der Waals surface area contributed by atoms with Crippen LogP contribution < -0.4 is 24.8 Å². The van der Waals surface area contributed by atoms with Gasteiger partial charge in [0.25, 0.3) is 5.91 Å². The first kappa shape index (κ1) is 43.5. The Balaban J connectivity index is 1.29. The Hall–Kier alpha value is -4.55. The molecule has 5 aliphatic rings. The number of ether oxygens (including phenoxy) is 3. The summed E-state index contributed by atoms with van der Waals surface area (Å²) in [7, 11) is -2.58. The average molecular weight is 865 g/mol. The van der Waals surface area contributed by atoms with Crippen molar-refractivity contribution in [2.75, 3.05) is 13.7 Å². The standard InChI is InChI=1S/C41H55F3N6O9S/c1-7-23-29-19-50(31(23)34(52)48-41(18-24(41)33(43)44)37(54)49-60(56,20-51)40(5)14-15-40)36(53)32(39(2,3)4)47-38(55)59-28-16-21(28)10-8-9-11-25(42)30-35(58-29)46-27-17-22(57-6)12-13-26(27)45-30/h12-13,17,20-21,23-25,28-29,31-33,60H,7-11,14-16,18-19H2,1-6H3,(H,47,55)(H,48,52)(H,49,54,56)/t21-,23-,24+,25?,28-,29+,31+,32-,41-/m1/s1. The fourth-order valence-electron chi connectivity index (χ4n) is 8.68. The van der Waals surface area contributed by atoms with Crippen LogP contribution in [0.15, 0.2) is 18.2 Å². The lowest BCUT2D eigenvalue weighted by atomic mass is 9.85. The van der Waals surface area contributed by atoms with Crippen molar-refractivity contribution < 1.29 is 55.6 Å². The van der Waals surface area contributed by atoms with Crippen LogP contribution in [0.3, 0.4) is 0 Å². The molecule has 0 radical (unpaired) electrons. The van der Waals surface area contributed by atoms with Gasteiger partial charge in [0.05, 0.1) is 30.6 Å². The lowest BCUT2D eigenvalue weighted by molar-refractivity contribution is -0.144. The van der Waals surface area contributed by atoms with Gasteiger partial charge in [-0.1, -0.05) is 40.5 Å². The van der Waals surface area contributed by atoms with Crippen LogP contribution in [0, 0.1) is 23.2 Å². The first-order chi connectivity index (χ1) is 28.3. The lowest BCUT2D eigenvalue weighted by Gasteiger charge is -2.36. The number of benzene rings is 1. The molecule has 0 spiro atoms. The largest absolute Gasteiger partial charge is 0.497 e. The van der Waals surface area contributed by atoms with E-state index in [0.717, 1.165) is 0 Å². The smallest absolute Gasteiger partial charge is 0.408 e. The average Bonchev–Trinajstić information content (AvgIpc) is 4.16. The number of hydrogen-bond donors (Lipinski definition) is 4. The lowest BCUT2D eigenvalue weighted by Crippen LogP contribution is -2.62. The molecule has 9 atom stereocenters. The van der Waals surface area contributed by atoms with Gasteiger partial charge in [-0.15, -0.1) is 0 Å². The number of amides is 4. The van der Waals surface area contributed by atoms with Crippen LogP contribution in [0.4, 0.5) is 18.0 Å². The highest BCUT2D eigenvalue weighted by Crippen LogP contribution is 2.51. The van der Waals surface area contributed by atoms with Gasteiger partial charge in [-0.25, -0.2) is 27.9 Å². The monoisotopic (exact) mass is 864 g/mol. The molecular weight excluding hydrogens is 810 g/mol. The molecule has 1 aromatic heterocycles. The van der Waals surface area contributed by atoms with E-state index in [1.54, 1.807) is 52.8 Å². The Kier molecular flexibility index (Phi) is 11.6. The molecule has 60 heavy (non-hydrogen) atoms. The summed E-state index contributed by atoms with van der Waals surface area (Å²) >= 11 is 0. The quantitative estimate of drug-likeness (QED) is 0.202. The van der Waals surface area contributed by atoms with Gasteiger partial charge < -0.3 is 29.7 Å². The summed E-state index contributed by atoms with van der Waals surface area (Å²) in [6, 6.07) is 2.18. The number of aromatic nitrogens is 2. The number of halogens is 3. The second-order valence-corrected chi connectivity index (χ2v) is 21.2. The number of fused-ring (bicyclic) bond motifs is 5. The van der Waals surface area contributed by atoms with Gasteiger partial charge in [0, 0.05) is 26.8 Å². The zero-order valence-electron chi connectivity index (χ0n) is 34.7. The molecular formula is C41H55F3N6O9S. The van der Waals surface area contributed by atoms with Crippen LogP contribution >= 0.6 is 0 Å². The van der Waals surface area contributed by atoms with Gasteiger partial charge in [0.2, 0.25) is 24.1 Å². The number of hydrogen-bond acceptors (Lipinski definition) is 11. The van der Waals surface area contributed by atoms with Crippen LogP contribution in [0.2, 0.25) is 0 Å². The van der Waals surface area contributed by atoms with E-state index in [4.69, 9.17) is 14.2 Å². The van der Waals surface area contributed by atoms with Crippen LogP contribution in [0.1, 0.15) is 104 Å². The second-order valence-electron chi connectivity index (χ2n) is 18.4. The normalized spacial score (nSPS) is 31.9. The van der Waals surface area contributed by atoms with Crippen LogP contribution in [-0.2, 0) is 34.0 Å². The van der Waals surface area contributed by atoms with Crippen molar-refractivity contribution in [3.63, 3.8) is 0 Å². The highest BCUT2D eigenvalue weighted by atomic mass is 32.3. The minimum atomic E-state index is -4.06. The number of rotatable bonds is 9. The molecule has 3 aliphatic carbocycles. The summed E-state index contributed by atoms with van der Waals surface area (Å²) in [4.78, 5) is 79.4. The number of thiol groups is 1. The maximum Gasteiger partial charge on any atom is 0.408 e. The Labute approximate surface area is 347 Å². The predicted molar refractivity (Wildman–Crippen MR) is 214 cm³/mol. The topological polar surface area (TPSA) is 195 Å². The number of carbonyl (C=O) groups is 5. The fraction of sp³-hybridized carbons (Fsp3) is 0.683. The molecule has 3 heterocycles. The first-order valence-electron chi connectivity index (χ1n) is 20.7. The third-order valence-corrected chi connectivity index (χ3v) is 16.0. The Morgan fingerprint density at radius 3 is 2.45 bits per heavy atom. The molecule has 1 saturated heterocycles. The second kappa shape index (κ2) is 16.0. The van der Waals surface area contributed by atoms with Crippen molar-refractivity contribution in [3.05, 3.63) is 23.9 Å². The summed E-state index contributed by atoms with van der Waals surface area (Å²) in [5, 5.41) is 5.22. The zero-order chi connectivity index (χ0) is 43.5. The van der Waals surface area contributed by atoms with Crippen LogP contribution in [0.25, 0.3) is 11.0 Å². The van der Waals surface area contributed by atoms with Gasteiger partial charge >= 0.3 is 6.09 Å². The van der Waals surface area contributed by atoms with Gasteiger partial charge in [-0.2, -0.15) is 0 Å². The molecule has 19 heteroatoms. The van der Waals surface area contributed by atoms with Crippen molar-refractivity contribution in [2.24, 2.45) is 23.2 Å². The van der Waals surface area contributed by atoms with E-state index < -0.39 is 98.7 Å². The highest BCUT2D eigenvalue weighted by Gasteiger charge is 2.67. The van der Waals surface area contributed by atoms with E-state index in [0.29, 0.717) is 55.3 Å². The maximum atomic E-state index is 16.3. The Bertz CT molecular complexity index is 2100. The number of carbonyl (C=O) groups excluding carboxylic acids is 5. The number of nitrogens with one attached hydrogen (secondary N) is 3. The summed E-state index contributed by atoms with van der Waals surface area (Å²) < 4.78 is 77.7.